The van der Waals surface area contributed by atoms with Crippen molar-refractivity contribution in [1.29, 1.82) is 0 Å². The molecule has 3 nitrogen and oxygen atoms in total. The summed E-state index contributed by atoms with van der Waals surface area (Å²) in [4.78, 5) is 0. The number of ether oxygens (including phenoxy) is 1. The average molecular weight is 316 g/mol. The van der Waals surface area contributed by atoms with Crippen molar-refractivity contribution in [2.45, 2.75) is 58.5 Å². The van der Waals surface area contributed by atoms with Crippen LogP contribution in [0.1, 0.15) is 62.8 Å². The Morgan fingerprint density at radius 3 is 2.43 bits per heavy atom. The van der Waals surface area contributed by atoms with Crippen LogP contribution in [0.25, 0.3) is 0 Å². The van der Waals surface area contributed by atoms with Gasteiger partial charge in [0.25, 0.3) is 0 Å². The molecule has 126 valence electrons. The van der Waals surface area contributed by atoms with E-state index < -0.39 is 5.60 Å². The molecule has 1 atom stereocenters. The molecule has 0 aliphatic rings. The van der Waals surface area contributed by atoms with E-state index >= 15 is 0 Å². The molecule has 0 bridgehead atoms. The lowest BCUT2D eigenvalue weighted by Crippen LogP contribution is -2.34. The van der Waals surface area contributed by atoms with Gasteiger partial charge in [0.2, 0.25) is 0 Å². The van der Waals surface area contributed by atoms with Gasteiger partial charge in [-0.2, -0.15) is 0 Å². The van der Waals surface area contributed by atoms with Gasteiger partial charge < -0.3 is 14.3 Å². The Morgan fingerprint density at radius 2 is 1.91 bits per heavy atom. The highest BCUT2D eigenvalue weighted by molar-refractivity contribution is 5.39. The van der Waals surface area contributed by atoms with Gasteiger partial charge >= 0.3 is 0 Å². The molecule has 1 heterocycles. The lowest BCUT2D eigenvalue weighted by molar-refractivity contribution is -0.0115. The van der Waals surface area contributed by atoms with Crippen molar-refractivity contribution in [2.24, 2.45) is 0 Å². The molecular weight excluding hydrogens is 288 g/mol. The van der Waals surface area contributed by atoms with Gasteiger partial charge in [-0.15, -0.1) is 0 Å². The Hall–Kier alpha value is -1.74. The standard InChI is InChI=1S/C20H28O3/c1-5-17(19-9-8-12-22-19)16-10-11-18(15(4)13-16)23-14-20(21,6-2)7-3/h8-13,17,21H,5-7,14H2,1-4H3. The van der Waals surface area contributed by atoms with E-state index in [1.54, 1.807) is 6.26 Å². The first-order valence-electron chi connectivity index (χ1n) is 8.52. The quantitative estimate of drug-likeness (QED) is 0.740. The minimum absolute atomic E-state index is 0.265. The second-order valence-corrected chi connectivity index (χ2v) is 6.22. The van der Waals surface area contributed by atoms with Crippen molar-refractivity contribution in [1.82, 2.24) is 0 Å². The molecule has 0 spiro atoms. The number of furan rings is 1. The number of aryl methyl sites for hydroxylation is 1. The first kappa shape index (κ1) is 17.6. The molecular formula is C20H28O3. The Balaban J connectivity index is 2.14. The molecule has 2 aromatic rings. The number of aliphatic hydroxyl groups is 1. The molecule has 0 fully saturated rings. The zero-order valence-electron chi connectivity index (χ0n) is 14.6. The number of rotatable bonds is 8. The smallest absolute Gasteiger partial charge is 0.122 e. The molecule has 1 aromatic carbocycles. The molecule has 3 heteroatoms. The van der Waals surface area contributed by atoms with Gasteiger partial charge in [-0.25, -0.2) is 0 Å². The van der Waals surface area contributed by atoms with E-state index in [0.717, 1.165) is 23.5 Å². The fourth-order valence-corrected chi connectivity index (χ4v) is 2.81. The largest absolute Gasteiger partial charge is 0.490 e. The summed E-state index contributed by atoms with van der Waals surface area (Å²) in [6.45, 7) is 8.51. The summed E-state index contributed by atoms with van der Waals surface area (Å²) < 4.78 is 11.4. The first-order valence-corrected chi connectivity index (χ1v) is 8.52. The zero-order chi connectivity index (χ0) is 16.9. The SMILES string of the molecule is CCC(c1ccc(OCC(O)(CC)CC)c(C)c1)c1ccco1. The summed E-state index contributed by atoms with van der Waals surface area (Å²) >= 11 is 0. The van der Waals surface area contributed by atoms with E-state index in [1.807, 2.05) is 39.0 Å². The minimum Gasteiger partial charge on any atom is -0.490 e. The molecule has 0 saturated carbocycles. The minimum atomic E-state index is -0.745. The van der Waals surface area contributed by atoms with Crippen molar-refractivity contribution in [3.05, 3.63) is 53.5 Å². The van der Waals surface area contributed by atoms with E-state index in [-0.39, 0.29) is 5.92 Å². The van der Waals surface area contributed by atoms with Crippen LogP contribution in [0.2, 0.25) is 0 Å². The summed E-state index contributed by atoms with van der Waals surface area (Å²) in [6, 6.07) is 10.2. The normalized spacial score (nSPS) is 13.1. The topological polar surface area (TPSA) is 42.6 Å². The molecule has 23 heavy (non-hydrogen) atoms. The van der Waals surface area contributed by atoms with E-state index in [2.05, 4.69) is 19.1 Å². The Bertz CT molecular complexity index is 597. The van der Waals surface area contributed by atoms with Gasteiger partial charge in [0.05, 0.1) is 11.9 Å². The van der Waals surface area contributed by atoms with E-state index in [0.29, 0.717) is 19.4 Å². The van der Waals surface area contributed by atoms with Crippen LogP contribution in [0.3, 0.4) is 0 Å². The fourth-order valence-electron chi connectivity index (χ4n) is 2.81. The molecule has 0 aliphatic carbocycles. The molecule has 0 saturated heterocycles. The summed E-state index contributed by atoms with van der Waals surface area (Å²) in [5.41, 5.74) is 1.57. The summed E-state index contributed by atoms with van der Waals surface area (Å²) in [5.74, 6) is 2.09. The molecule has 1 N–H and O–H groups in total. The highest BCUT2D eigenvalue weighted by atomic mass is 16.5. The fraction of sp³-hybridized carbons (Fsp3) is 0.500. The number of benzene rings is 1. The highest BCUT2D eigenvalue weighted by Crippen LogP contribution is 2.31. The van der Waals surface area contributed by atoms with Crippen LogP contribution >= 0.6 is 0 Å². The maximum absolute atomic E-state index is 10.3. The molecule has 1 aromatic heterocycles. The zero-order valence-corrected chi connectivity index (χ0v) is 14.6. The van der Waals surface area contributed by atoms with Gasteiger partial charge in [-0.1, -0.05) is 32.9 Å². The van der Waals surface area contributed by atoms with Crippen LogP contribution < -0.4 is 4.74 Å². The van der Waals surface area contributed by atoms with Gasteiger partial charge in [0.15, 0.2) is 0 Å². The predicted molar refractivity (Wildman–Crippen MR) is 93.0 cm³/mol. The third-order valence-electron chi connectivity index (χ3n) is 4.71. The third kappa shape index (κ3) is 4.17. The Labute approximate surface area is 139 Å². The van der Waals surface area contributed by atoms with Gasteiger partial charge in [0, 0.05) is 5.92 Å². The van der Waals surface area contributed by atoms with Crippen LogP contribution in [0.4, 0.5) is 0 Å². The summed E-state index contributed by atoms with van der Waals surface area (Å²) in [5, 5.41) is 10.3. The maximum atomic E-state index is 10.3. The number of hydrogen-bond acceptors (Lipinski definition) is 3. The van der Waals surface area contributed by atoms with Crippen molar-refractivity contribution in [2.75, 3.05) is 6.61 Å². The van der Waals surface area contributed by atoms with E-state index in [1.165, 1.54) is 5.56 Å². The number of hydrogen-bond donors (Lipinski definition) is 1. The average Bonchev–Trinajstić information content (AvgIpc) is 3.08. The van der Waals surface area contributed by atoms with Crippen molar-refractivity contribution in [3.63, 3.8) is 0 Å². The second-order valence-electron chi connectivity index (χ2n) is 6.22. The molecule has 0 aliphatic heterocycles. The molecule has 2 rings (SSSR count). The highest BCUT2D eigenvalue weighted by Gasteiger charge is 2.23. The molecule has 0 amide bonds. The third-order valence-corrected chi connectivity index (χ3v) is 4.71. The lowest BCUT2D eigenvalue weighted by Gasteiger charge is -2.25. The summed E-state index contributed by atoms with van der Waals surface area (Å²) in [6.07, 6.45) is 4.09. The van der Waals surface area contributed by atoms with E-state index in [9.17, 15) is 5.11 Å². The monoisotopic (exact) mass is 316 g/mol. The molecule has 0 radical (unpaired) electrons. The Kier molecular flexibility index (Phi) is 5.89. The van der Waals surface area contributed by atoms with Crippen LogP contribution in [-0.2, 0) is 0 Å². The maximum Gasteiger partial charge on any atom is 0.122 e. The van der Waals surface area contributed by atoms with Crippen molar-refractivity contribution >= 4 is 0 Å². The van der Waals surface area contributed by atoms with Crippen LogP contribution in [-0.4, -0.2) is 17.3 Å². The van der Waals surface area contributed by atoms with Gasteiger partial charge in [-0.05, 0) is 55.5 Å². The van der Waals surface area contributed by atoms with Crippen LogP contribution in [0.15, 0.2) is 41.0 Å². The summed E-state index contributed by atoms with van der Waals surface area (Å²) in [7, 11) is 0. The van der Waals surface area contributed by atoms with Crippen molar-refractivity contribution in [3.8, 4) is 5.75 Å². The molecule has 1 unspecified atom stereocenters. The second kappa shape index (κ2) is 7.69. The van der Waals surface area contributed by atoms with Crippen LogP contribution in [0, 0.1) is 6.92 Å². The van der Waals surface area contributed by atoms with Gasteiger partial charge in [-0.3, -0.25) is 0 Å². The lowest BCUT2D eigenvalue weighted by atomic mass is 9.92. The first-order chi connectivity index (χ1) is 11.0. The van der Waals surface area contributed by atoms with E-state index in [4.69, 9.17) is 9.15 Å². The van der Waals surface area contributed by atoms with Crippen LogP contribution in [0.5, 0.6) is 5.75 Å². The van der Waals surface area contributed by atoms with Crippen molar-refractivity contribution < 1.29 is 14.3 Å². The van der Waals surface area contributed by atoms with Gasteiger partial charge in [0.1, 0.15) is 18.1 Å². The predicted octanol–water partition coefficient (Wildman–Crippen LogP) is 5.06. The Morgan fingerprint density at radius 1 is 1.17 bits per heavy atom.